The number of fused-ring (bicyclic) bond motifs is 1. The minimum atomic E-state index is -0.364. The number of hydrogen-bond donors (Lipinski definition) is 2. The number of aliphatic hydroxyl groups excluding tert-OH is 1. The second-order valence-corrected chi connectivity index (χ2v) is 8.53. The molecule has 0 bridgehead atoms. The van der Waals surface area contributed by atoms with Crippen molar-refractivity contribution in [1.29, 1.82) is 0 Å². The maximum Gasteiger partial charge on any atom is 0.317 e. The summed E-state index contributed by atoms with van der Waals surface area (Å²) < 4.78 is 6.76. The molecular weight excluding hydrogens is 428 g/mol. The van der Waals surface area contributed by atoms with Crippen LogP contribution in [0.1, 0.15) is 38.1 Å². The van der Waals surface area contributed by atoms with Crippen LogP contribution in [0.3, 0.4) is 0 Å². The van der Waals surface area contributed by atoms with Crippen molar-refractivity contribution in [1.82, 2.24) is 20.1 Å². The van der Waals surface area contributed by atoms with E-state index in [-0.39, 0.29) is 48.5 Å². The highest BCUT2D eigenvalue weighted by molar-refractivity contribution is 9.10. The Morgan fingerprint density at radius 3 is 2.79 bits per heavy atom. The van der Waals surface area contributed by atoms with Crippen LogP contribution in [0.2, 0.25) is 0 Å². The van der Waals surface area contributed by atoms with Crippen molar-refractivity contribution in [3.05, 3.63) is 22.3 Å². The van der Waals surface area contributed by atoms with E-state index in [1.165, 1.54) is 0 Å². The number of aromatic nitrogens is 1. The van der Waals surface area contributed by atoms with Crippen LogP contribution in [0.5, 0.6) is 5.88 Å². The highest BCUT2D eigenvalue weighted by Crippen LogP contribution is 2.28. The van der Waals surface area contributed by atoms with Gasteiger partial charge in [0.2, 0.25) is 5.88 Å². The number of urea groups is 1. The van der Waals surface area contributed by atoms with Crippen LogP contribution < -0.4 is 10.1 Å². The van der Waals surface area contributed by atoms with Gasteiger partial charge >= 0.3 is 6.03 Å². The Hall–Kier alpha value is -1.87. The summed E-state index contributed by atoms with van der Waals surface area (Å²) in [5.41, 5.74) is 0.334. The summed E-state index contributed by atoms with van der Waals surface area (Å²) in [5.74, 6) is -0.0787. The molecule has 8 nitrogen and oxygen atoms in total. The second kappa shape index (κ2) is 9.56. The molecule has 3 amide bonds. The summed E-state index contributed by atoms with van der Waals surface area (Å²) >= 11 is 3.35. The third-order valence-electron chi connectivity index (χ3n) is 4.70. The molecule has 1 aromatic heterocycles. The smallest absolute Gasteiger partial charge is 0.317 e. The van der Waals surface area contributed by atoms with Gasteiger partial charge in [-0.15, -0.1) is 0 Å². The van der Waals surface area contributed by atoms with Crippen molar-refractivity contribution in [2.45, 2.75) is 45.9 Å². The standard InChI is InChI=1S/C19H29BrN4O4/c1-11(2)22-19(27)23(5)9-16-12(3)8-24(13(4)10-25)18(26)15-6-14(20)7-21-17(15)28-16/h6-7,11-13,16,25H,8-10H2,1-5H3,(H,22,27)/t12-,13+,16-/m0/s1. The maximum absolute atomic E-state index is 13.0. The van der Waals surface area contributed by atoms with Gasteiger partial charge in [-0.1, -0.05) is 6.92 Å². The first kappa shape index (κ1) is 22.4. The van der Waals surface area contributed by atoms with Gasteiger partial charge in [-0.2, -0.15) is 0 Å². The van der Waals surface area contributed by atoms with Crippen LogP contribution in [-0.2, 0) is 0 Å². The molecule has 0 aliphatic carbocycles. The van der Waals surface area contributed by atoms with E-state index in [2.05, 4.69) is 26.2 Å². The molecule has 2 rings (SSSR count). The molecule has 28 heavy (non-hydrogen) atoms. The average molecular weight is 457 g/mol. The van der Waals surface area contributed by atoms with Crippen LogP contribution in [0.25, 0.3) is 0 Å². The zero-order valence-electron chi connectivity index (χ0n) is 17.0. The fourth-order valence-corrected chi connectivity index (χ4v) is 3.34. The highest BCUT2D eigenvalue weighted by atomic mass is 79.9. The maximum atomic E-state index is 13.0. The van der Waals surface area contributed by atoms with Crippen LogP contribution in [0.4, 0.5) is 4.79 Å². The first-order chi connectivity index (χ1) is 13.1. The fraction of sp³-hybridized carbons (Fsp3) is 0.632. The number of nitrogens with zero attached hydrogens (tertiary/aromatic N) is 3. The third-order valence-corrected chi connectivity index (χ3v) is 5.13. The van der Waals surface area contributed by atoms with Gasteiger partial charge in [-0.25, -0.2) is 9.78 Å². The molecule has 0 saturated carbocycles. The largest absolute Gasteiger partial charge is 0.472 e. The third kappa shape index (κ3) is 5.35. The van der Waals surface area contributed by atoms with E-state index in [0.29, 0.717) is 23.1 Å². The summed E-state index contributed by atoms with van der Waals surface area (Å²) in [7, 11) is 1.71. The van der Waals surface area contributed by atoms with E-state index in [4.69, 9.17) is 4.74 Å². The number of pyridine rings is 1. The molecule has 1 aliphatic rings. The topological polar surface area (TPSA) is 95.0 Å². The number of carbonyl (C=O) groups excluding carboxylic acids is 2. The van der Waals surface area contributed by atoms with Crippen molar-refractivity contribution < 1.29 is 19.4 Å². The lowest BCUT2D eigenvalue weighted by Gasteiger charge is -2.37. The fourth-order valence-electron chi connectivity index (χ4n) is 3.00. The zero-order valence-corrected chi connectivity index (χ0v) is 18.6. The highest BCUT2D eigenvalue weighted by Gasteiger charge is 2.34. The monoisotopic (exact) mass is 456 g/mol. The lowest BCUT2D eigenvalue weighted by Crippen LogP contribution is -2.51. The molecule has 1 aliphatic heterocycles. The van der Waals surface area contributed by atoms with Gasteiger partial charge < -0.3 is 25.0 Å². The van der Waals surface area contributed by atoms with Crippen molar-refractivity contribution in [3.63, 3.8) is 0 Å². The second-order valence-electron chi connectivity index (χ2n) is 7.61. The SMILES string of the molecule is CC(C)NC(=O)N(C)C[C@@H]1Oc2ncc(Br)cc2C(=O)N([C@H](C)CO)C[C@@H]1C. The van der Waals surface area contributed by atoms with E-state index in [9.17, 15) is 14.7 Å². The minimum Gasteiger partial charge on any atom is -0.472 e. The number of halogens is 1. The van der Waals surface area contributed by atoms with Gasteiger partial charge in [0.15, 0.2) is 0 Å². The Balaban J connectivity index is 2.34. The van der Waals surface area contributed by atoms with Gasteiger partial charge in [-0.3, -0.25) is 4.79 Å². The normalized spacial score (nSPS) is 20.7. The predicted molar refractivity (Wildman–Crippen MR) is 109 cm³/mol. The van der Waals surface area contributed by atoms with Crippen molar-refractivity contribution in [2.24, 2.45) is 5.92 Å². The van der Waals surface area contributed by atoms with Gasteiger partial charge in [-0.05, 0) is 42.8 Å². The van der Waals surface area contributed by atoms with Gasteiger partial charge in [0, 0.05) is 36.2 Å². The Kier molecular flexibility index (Phi) is 7.65. The lowest BCUT2D eigenvalue weighted by atomic mass is 10.0. The summed E-state index contributed by atoms with van der Waals surface area (Å²) in [4.78, 5) is 32.8. The van der Waals surface area contributed by atoms with Crippen LogP contribution in [-0.4, -0.2) is 76.8 Å². The molecule has 2 N–H and O–H groups in total. The Labute approximate surface area is 174 Å². The van der Waals surface area contributed by atoms with Gasteiger partial charge in [0.05, 0.1) is 19.2 Å². The number of carbonyl (C=O) groups is 2. The Bertz CT molecular complexity index is 715. The number of aliphatic hydroxyl groups is 1. The van der Waals surface area contributed by atoms with Gasteiger partial charge in [0.25, 0.3) is 5.91 Å². The average Bonchev–Trinajstić information content (AvgIpc) is 2.63. The number of hydrogen-bond acceptors (Lipinski definition) is 5. The summed E-state index contributed by atoms with van der Waals surface area (Å²) in [6, 6.07) is 1.17. The van der Waals surface area contributed by atoms with Crippen molar-refractivity contribution >= 4 is 27.9 Å². The van der Waals surface area contributed by atoms with Crippen molar-refractivity contribution in [3.8, 4) is 5.88 Å². The number of ether oxygens (including phenoxy) is 1. The molecule has 3 atom stereocenters. The molecule has 1 aromatic rings. The Morgan fingerprint density at radius 1 is 1.50 bits per heavy atom. The molecule has 156 valence electrons. The van der Waals surface area contributed by atoms with E-state index >= 15 is 0 Å². The van der Waals surface area contributed by atoms with Gasteiger partial charge in [0.1, 0.15) is 11.7 Å². The first-order valence-electron chi connectivity index (χ1n) is 9.39. The summed E-state index contributed by atoms with van der Waals surface area (Å²) in [6.45, 7) is 8.17. The predicted octanol–water partition coefficient (Wildman–Crippen LogP) is 2.11. The van der Waals surface area contributed by atoms with E-state index in [1.54, 1.807) is 36.0 Å². The quantitative estimate of drug-likeness (QED) is 0.707. The lowest BCUT2D eigenvalue weighted by molar-refractivity contribution is 0.0351. The molecule has 0 fully saturated rings. The zero-order chi connectivity index (χ0) is 21.0. The van der Waals surface area contributed by atoms with Crippen molar-refractivity contribution in [2.75, 3.05) is 26.7 Å². The molecule has 2 heterocycles. The van der Waals surface area contributed by atoms with E-state index in [1.807, 2.05) is 20.8 Å². The molecule has 0 spiro atoms. The Morgan fingerprint density at radius 2 is 2.18 bits per heavy atom. The number of nitrogens with one attached hydrogen (secondary N) is 1. The van der Waals surface area contributed by atoms with E-state index < -0.39 is 0 Å². The minimum absolute atomic E-state index is 0.0314. The molecule has 9 heteroatoms. The van der Waals surface area contributed by atoms with Crippen LogP contribution >= 0.6 is 15.9 Å². The molecule has 0 unspecified atom stereocenters. The summed E-state index contributed by atoms with van der Waals surface area (Å²) in [5, 5.41) is 12.5. The van der Waals surface area contributed by atoms with Crippen LogP contribution in [0.15, 0.2) is 16.7 Å². The molecule has 0 saturated heterocycles. The molecule has 0 aromatic carbocycles. The summed E-state index contributed by atoms with van der Waals surface area (Å²) in [6.07, 6.45) is 1.21. The number of rotatable bonds is 5. The first-order valence-corrected chi connectivity index (χ1v) is 10.2. The molecule has 0 radical (unpaired) electrons. The van der Waals surface area contributed by atoms with E-state index in [0.717, 1.165) is 0 Å². The number of amides is 3. The number of likely N-dealkylation sites (N-methyl/N-ethyl adjacent to an activating group) is 1. The van der Waals surface area contributed by atoms with Crippen LogP contribution in [0, 0.1) is 5.92 Å². The molecular formula is C19H29BrN4O4.